The largest absolute Gasteiger partial charge is 0.341 e. The molecule has 3 N–H and O–H groups in total. The van der Waals surface area contributed by atoms with Crippen LogP contribution in [0.1, 0.15) is 19.8 Å². The van der Waals surface area contributed by atoms with Gasteiger partial charge in [-0.15, -0.1) is 0 Å². The van der Waals surface area contributed by atoms with Crippen LogP contribution in [0.2, 0.25) is 0 Å². The van der Waals surface area contributed by atoms with Crippen molar-refractivity contribution in [2.45, 2.75) is 25.8 Å². The van der Waals surface area contributed by atoms with Gasteiger partial charge in [0.15, 0.2) is 0 Å². The van der Waals surface area contributed by atoms with Gasteiger partial charge in [0.05, 0.1) is 6.04 Å². The fraction of sp³-hybridized carbons (Fsp3) is 0.467. The maximum Gasteiger partial charge on any atom is 0.239 e. The minimum absolute atomic E-state index is 0.0843. The highest BCUT2D eigenvalue weighted by Gasteiger charge is 2.28. The van der Waals surface area contributed by atoms with Gasteiger partial charge in [-0.2, -0.15) is 0 Å². The average Bonchev–Trinajstić information content (AvgIpc) is 2.46. The van der Waals surface area contributed by atoms with Gasteiger partial charge in [0.25, 0.3) is 0 Å². The van der Waals surface area contributed by atoms with Crippen LogP contribution in [0.25, 0.3) is 0 Å². The highest BCUT2D eigenvalue weighted by atomic mass is 19.1. The van der Waals surface area contributed by atoms with E-state index >= 15 is 0 Å². The van der Waals surface area contributed by atoms with Crippen molar-refractivity contribution in [1.82, 2.24) is 4.90 Å². The molecule has 1 aromatic carbocycles. The molecule has 0 bridgehead atoms. The molecule has 114 valence electrons. The SMILES string of the molecule is C[C@@H](N)C(=O)N1CCC(C(=O)Nc2cccc(F)c2)CC1. The van der Waals surface area contributed by atoms with Gasteiger partial charge in [-0.25, -0.2) is 4.39 Å². The molecule has 0 unspecified atom stereocenters. The van der Waals surface area contributed by atoms with Crippen molar-refractivity contribution in [3.63, 3.8) is 0 Å². The fourth-order valence-corrected chi connectivity index (χ4v) is 2.46. The molecule has 0 aromatic heterocycles. The second-order valence-electron chi connectivity index (χ2n) is 5.39. The molecule has 1 saturated heterocycles. The molecule has 2 rings (SSSR count). The number of amides is 2. The van der Waals surface area contributed by atoms with Gasteiger partial charge < -0.3 is 16.0 Å². The van der Waals surface area contributed by atoms with Crippen LogP contribution in [0.3, 0.4) is 0 Å². The van der Waals surface area contributed by atoms with E-state index in [0.29, 0.717) is 31.6 Å². The minimum atomic E-state index is -0.511. The summed E-state index contributed by atoms with van der Waals surface area (Å²) in [6, 6.07) is 5.30. The third-order valence-electron chi connectivity index (χ3n) is 3.66. The van der Waals surface area contributed by atoms with Gasteiger partial charge in [-0.1, -0.05) is 6.07 Å². The fourth-order valence-electron chi connectivity index (χ4n) is 2.46. The molecule has 0 aliphatic carbocycles. The number of hydrogen-bond donors (Lipinski definition) is 2. The highest BCUT2D eigenvalue weighted by Crippen LogP contribution is 2.20. The Hall–Kier alpha value is -1.95. The highest BCUT2D eigenvalue weighted by molar-refractivity contribution is 5.92. The van der Waals surface area contributed by atoms with Gasteiger partial charge in [0, 0.05) is 24.7 Å². The van der Waals surface area contributed by atoms with Crippen LogP contribution in [0.15, 0.2) is 24.3 Å². The Labute approximate surface area is 123 Å². The number of carbonyl (C=O) groups is 2. The second kappa shape index (κ2) is 6.67. The third-order valence-corrected chi connectivity index (χ3v) is 3.66. The van der Waals surface area contributed by atoms with Crippen LogP contribution < -0.4 is 11.1 Å². The predicted octanol–water partition coefficient (Wildman–Crippen LogP) is 1.35. The number of nitrogens with one attached hydrogen (secondary N) is 1. The van der Waals surface area contributed by atoms with Gasteiger partial charge in [0.2, 0.25) is 11.8 Å². The van der Waals surface area contributed by atoms with Crippen molar-refractivity contribution in [3.05, 3.63) is 30.1 Å². The number of benzene rings is 1. The van der Waals surface area contributed by atoms with Crippen LogP contribution in [0, 0.1) is 11.7 Å². The monoisotopic (exact) mass is 293 g/mol. The minimum Gasteiger partial charge on any atom is -0.341 e. The van der Waals surface area contributed by atoms with Crippen LogP contribution in [0.5, 0.6) is 0 Å². The zero-order chi connectivity index (χ0) is 15.4. The first-order chi connectivity index (χ1) is 9.97. The lowest BCUT2D eigenvalue weighted by atomic mass is 9.95. The molecule has 1 fully saturated rings. The lowest BCUT2D eigenvalue weighted by molar-refractivity contribution is -0.135. The predicted molar refractivity (Wildman–Crippen MR) is 78.0 cm³/mol. The molecule has 1 atom stereocenters. The molecule has 0 radical (unpaired) electrons. The van der Waals surface area contributed by atoms with Crippen molar-refractivity contribution in [2.24, 2.45) is 11.7 Å². The van der Waals surface area contributed by atoms with E-state index in [1.54, 1.807) is 24.0 Å². The number of hydrogen-bond acceptors (Lipinski definition) is 3. The number of nitrogens with two attached hydrogens (primary N) is 1. The van der Waals surface area contributed by atoms with Crippen molar-refractivity contribution >= 4 is 17.5 Å². The molecule has 21 heavy (non-hydrogen) atoms. The van der Waals surface area contributed by atoms with Gasteiger partial charge in [0.1, 0.15) is 5.82 Å². The number of nitrogens with zero attached hydrogens (tertiary/aromatic N) is 1. The van der Waals surface area contributed by atoms with E-state index < -0.39 is 6.04 Å². The lowest BCUT2D eigenvalue weighted by Gasteiger charge is -2.32. The maximum absolute atomic E-state index is 13.1. The number of piperidine rings is 1. The van der Waals surface area contributed by atoms with Crippen LogP contribution in [-0.4, -0.2) is 35.8 Å². The Bertz CT molecular complexity index is 525. The molecule has 1 aliphatic rings. The van der Waals surface area contributed by atoms with Crippen molar-refractivity contribution < 1.29 is 14.0 Å². The Morgan fingerprint density at radius 1 is 1.38 bits per heavy atom. The number of rotatable bonds is 3. The first-order valence-corrected chi connectivity index (χ1v) is 7.08. The van der Waals surface area contributed by atoms with E-state index in [2.05, 4.69) is 5.32 Å². The average molecular weight is 293 g/mol. The number of halogens is 1. The number of anilines is 1. The summed E-state index contributed by atoms with van der Waals surface area (Å²) in [6.07, 6.45) is 1.19. The third kappa shape index (κ3) is 4.01. The summed E-state index contributed by atoms with van der Waals surface area (Å²) in [5, 5.41) is 2.71. The Morgan fingerprint density at radius 3 is 2.62 bits per heavy atom. The summed E-state index contributed by atoms with van der Waals surface area (Å²) in [5.74, 6) is -0.761. The lowest BCUT2D eigenvalue weighted by Crippen LogP contribution is -2.47. The van der Waals surface area contributed by atoms with Gasteiger partial charge >= 0.3 is 0 Å². The molecular formula is C15H20FN3O2. The summed E-state index contributed by atoms with van der Waals surface area (Å²) in [6.45, 7) is 2.72. The summed E-state index contributed by atoms with van der Waals surface area (Å²) in [5.41, 5.74) is 6.02. The zero-order valence-electron chi connectivity index (χ0n) is 12.0. The first kappa shape index (κ1) is 15.4. The molecular weight excluding hydrogens is 273 g/mol. The van der Waals surface area contributed by atoms with E-state index in [0.717, 1.165) is 0 Å². The standard InChI is InChI=1S/C15H20FN3O2/c1-10(17)15(21)19-7-5-11(6-8-19)14(20)18-13-4-2-3-12(16)9-13/h2-4,9-11H,5-8,17H2,1H3,(H,18,20)/t10-/m1/s1. The second-order valence-corrected chi connectivity index (χ2v) is 5.39. The molecule has 5 nitrogen and oxygen atoms in total. The smallest absolute Gasteiger partial charge is 0.239 e. The molecule has 2 amide bonds. The molecule has 0 spiro atoms. The number of likely N-dealkylation sites (tertiary alicyclic amines) is 1. The molecule has 1 aromatic rings. The molecule has 1 heterocycles. The summed E-state index contributed by atoms with van der Waals surface area (Å²) >= 11 is 0. The first-order valence-electron chi connectivity index (χ1n) is 7.08. The Kier molecular flexibility index (Phi) is 4.90. The normalized spacial score (nSPS) is 17.4. The van der Waals surface area contributed by atoms with E-state index in [-0.39, 0.29) is 23.5 Å². The summed E-state index contributed by atoms with van der Waals surface area (Å²) in [7, 11) is 0. The molecule has 1 aliphatic heterocycles. The number of carbonyl (C=O) groups excluding carboxylic acids is 2. The van der Waals surface area contributed by atoms with Crippen molar-refractivity contribution in [1.29, 1.82) is 0 Å². The van der Waals surface area contributed by atoms with Gasteiger partial charge in [-0.3, -0.25) is 9.59 Å². The van der Waals surface area contributed by atoms with Crippen molar-refractivity contribution in [3.8, 4) is 0 Å². The van der Waals surface area contributed by atoms with Crippen LogP contribution in [-0.2, 0) is 9.59 Å². The summed E-state index contributed by atoms with van der Waals surface area (Å²) < 4.78 is 13.1. The Morgan fingerprint density at radius 2 is 2.05 bits per heavy atom. The molecule has 0 saturated carbocycles. The zero-order valence-corrected chi connectivity index (χ0v) is 12.0. The van der Waals surface area contributed by atoms with E-state index in [1.165, 1.54) is 12.1 Å². The molecule has 6 heteroatoms. The van der Waals surface area contributed by atoms with E-state index in [9.17, 15) is 14.0 Å². The van der Waals surface area contributed by atoms with Crippen molar-refractivity contribution in [2.75, 3.05) is 18.4 Å². The quantitative estimate of drug-likeness (QED) is 0.883. The van der Waals surface area contributed by atoms with Gasteiger partial charge in [-0.05, 0) is 38.0 Å². The van der Waals surface area contributed by atoms with E-state index in [4.69, 9.17) is 5.73 Å². The summed E-state index contributed by atoms with van der Waals surface area (Å²) in [4.78, 5) is 25.6. The van der Waals surface area contributed by atoms with Crippen LogP contribution in [0.4, 0.5) is 10.1 Å². The Balaban J connectivity index is 1.87. The van der Waals surface area contributed by atoms with E-state index in [1.807, 2.05) is 0 Å². The van der Waals surface area contributed by atoms with Crippen LogP contribution >= 0.6 is 0 Å². The topological polar surface area (TPSA) is 75.4 Å². The maximum atomic E-state index is 13.1.